The van der Waals surface area contributed by atoms with E-state index in [0.29, 0.717) is 13.0 Å². The van der Waals surface area contributed by atoms with Crippen LogP contribution in [0.25, 0.3) is 0 Å². The van der Waals surface area contributed by atoms with Gasteiger partial charge in [0.15, 0.2) is 0 Å². The summed E-state index contributed by atoms with van der Waals surface area (Å²) in [6, 6.07) is 15.4. The van der Waals surface area contributed by atoms with Crippen molar-refractivity contribution >= 4 is 11.6 Å². The fraction of sp³-hybridized carbons (Fsp3) is 0.381. The molecule has 0 saturated carbocycles. The summed E-state index contributed by atoms with van der Waals surface area (Å²) in [7, 11) is 0. The predicted octanol–water partition coefficient (Wildman–Crippen LogP) is 4.42. The summed E-state index contributed by atoms with van der Waals surface area (Å²) in [5.74, 6) is -0.0743. The van der Waals surface area contributed by atoms with Crippen molar-refractivity contribution in [2.75, 3.05) is 18.0 Å². The second kappa shape index (κ2) is 8.46. The molecule has 1 aliphatic heterocycles. The highest BCUT2D eigenvalue weighted by molar-refractivity contribution is 5.76. The molecule has 27 heavy (non-hydrogen) atoms. The molecule has 144 valence electrons. The largest absolute Gasteiger partial charge is 0.416 e. The van der Waals surface area contributed by atoms with Crippen LogP contribution in [0.1, 0.15) is 30.4 Å². The van der Waals surface area contributed by atoms with Gasteiger partial charge in [-0.2, -0.15) is 13.2 Å². The summed E-state index contributed by atoms with van der Waals surface area (Å²) >= 11 is 0. The zero-order valence-electron chi connectivity index (χ0n) is 15.0. The lowest BCUT2D eigenvalue weighted by atomic mass is 10.1. The lowest BCUT2D eigenvalue weighted by molar-refractivity contribution is -0.137. The molecular weight excluding hydrogens is 353 g/mol. The Morgan fingerprint density at radius 2 is 1.78 bits per heavy atom. The van der Waals surface area contributed by atoms with Crippen molar-refractivity contribution in [3.05, 3.63) is 65.7 Å². The first-order chi connectivity index (χ1) is 12.9. The molecule has 3 rings (SSSR count). The van der Waals surface area contributed by atoms with E-state index in [1.54, 1.807) is 0 Å². The maximum atomic E-state index is 12.6. The molecule has 0 spiro atoms. The van der Waals surface area contributed by atoms with Gasteiger partial charge in [-0.15, -0.1) is 0 Å². The lowest BCUT2D eigenvalue weighted by Crippen LogP contribution is -2.40. The van der Waals surface area contributed by atoms with Crippen molar-refractivity contribution in [1.82, 2.24) is 5.32 Å². The number of para-hydroxylation sites is 1. The van der Waals surface area contributed by atoms with Crippen molar-refractivity contribution in [1.29, 1.82) is 0 Å². The number of anilines is 1. The fourth-order valence-corrected chi connectivity index (χ4v) is 3.45. The molecule has 0 aliphatic carbocycles. The highest BCUT2D eigenvalue weighted by Gasteiger charge is 2.30. The number of benzene rings is 2. The SMILES string of the molecule is O=C(CCc1ccc(C(F)(F)F)cc1)NC[C@H]1CCCN1c1ccccc1. The van der Waals surface area contributed by atoms with Gasteiger partial charge in [0.25, 0.3) is 0 Å². The fourth-order valence-electron chi connectivity index (χ4n) is 3.45. The van der Waals surface area contributed by atoms with Crippen LogP contribution >= 0.6 is 0 Å². The van der Waals surface area contributed by atoms with Crippen LogP contribution < -0.4 is 10.2 Å². The number of alkyl halides is 3. The summed E-state index contributed by atoms with van der Waals surface area (Å²) in [6.07, 6.45) is -1.50. The van der Waals surface area contributed by atoms with Gasteiger partial charge in [-0.3, -0.25) is 4.79 Å². The minimum Gasteiger partial charge on any atom is -0.367 e. The molecule has 3 nitrogen and oxygen atoms in total. The number of amides is 1. The number of halogens is 3. The van der Waals surface area contributed by atoms with Gasteiger partial charge in [0.05, 0.1) is 5.56 Å². The highest BCUT2D eigenvalue weighted by Crippen LogP contribution is 2.29. The third-order valence-corrected chi connectivity index (χ3v) is 4.92. The first-order valence-corrected chi connectivity index (χ1v) is 9.18. The number of hydrogen-bond donors (Lipinski definition) is 1. The number of hydrogen-bond acceptors (Lipinski definition) is 2. The minimum atomic E-state index is -4.33. The molecule has 0 unspecified atom stereocenters. The maximum Gasteiger partial charge on any atom is 0.416 e. The molecule has 1 N–H and O–H groups in total. The van der Waals surface area contributed by atoms with E-state index in [1.165, 1.54) is 17.8 Å². The summed E-state index contributed by atoms with van der Waals surface area (Å²) < 4.78 is 37.7. The number of nitrogens with zero attached hydrogens (tertiary/aromatic N) is 1. The zero-order chi connectivity index (χ0) is 19.3. The molecule has 0 bridgehead atoms. The molecule has 1 aliphatic rings. The van der Waals surface area contributed by atoms with Gasteiger partial charge in [0, 0.05) is 31.2 Å². The Labute approximate surface area is 157 Å². The average Bonchev–Trinajstić information content (AvgIpc) is 3.13. The van der Waals surface area contributed by atoms with Crippen LogP contribution in [-0.4, -0.2) is 25.0 Å². The number of aryl methyl sites for hydroxylation is 1. The van der Waals surface area contributed by atoms with Gasteiger partial charge in [-0.25, -0.2) is 0 Å². The molecular formula is C21H23F3N2O. The second-order valence-electron chi connectivity index (χ2n) is 6.82. The maximum absolute atomic E-state index is 12.6. The number of carbonyl (C=O) groups is 1. The van der Waals surface area contributed by atoms with E-state index in [4.69, 9.17) is 0 Å². The van der Waals surface area contributed by atoms with Gasteiger partial charge < -0.3 is 10.2 Å². The van der Waals surface area contributed by atoms with Crippen LogP contribution in [0.4, 0.5) is 18.9 Å². The Balaban J connectivity index is 1.46. The Morgan fingerprint density at radius 1 is 1.07 bits per heavy atom. The first kappa shape index (κ1) is 19.3. The molecule has 1 atom stereocenters. The van der Waals surface area contributed by atoms with Crippen LogP contribution in [0.5, 0.6) is 0 Å². The van der Waals surface area contributed by atoms with Crippen molar-refractivity contribution in [2.45, 2.75) is 37.9 Å². The highest BCUT2D eigenvalue weighted by atomic mass is 19.4. The van der Waals surface area contributed by atoms with E-state index in [9.17, 15) is 18.0 Å². The van der Waals surface area contributed by atoms with Crippen LogP contribution in [-0.2, 0) is 17.4 Å². The Morgan fingerprint density at radius 3 is 2.44 bits per heavy atom. The average molecular weight is 376 g/mol. The summed E-state index contributed by atoms with van der Waals surface area (Å²) in [6.45, 7) is 1.57. The van der Waals surface area contributed by atoms with E-state index < -0.39 is 11.7 Å². The quantitative estimate of drug-likeness (QED) is 0.809. The van der Waals surface area contributed by atoms with E-state index in [0.717, 1.165) is 37.1 Å². The van der Waals surface area contributed by atoms with Gasteiger partial charge in [-0.05, 0) is 49.1 Å². The molecule has 2 aromatic carbocycles. The smallest absolute Gasteiger partial charge is 0.367 e. The van der Waals surface area contributed by atoms with Crippen molar-refractivity contribution in [2.24, 2.45) is 0 Å². The van der Waals surface area contributed by atoms with E-state index >= 15 is 0 Å². The molecule has 0 radical (unpaired) electrons. The third kappa shape index (κ3) is 5.25. The lowest BCUT2D eigenvalue weighted by Gasteiger charge is -2.27. The number of carbonyl (C=O) groups excluding carboxylic acids is 1. The Bertz CT molecular complexity index is 744. The summed E-state index contributed by atoms with van der Waals surface area (Å²) in [5.41, 5.74) is 1.22. The molecule has 1 amide bonds. The third-order valence-electron chi connectivity index (χ3n) is 4.92. The van der Waals surface area contributed by atoms with Gasteiger partial charge in [0.1, 0.15) is 0 Å². The van der Waals surface area contributed by atoms with Crippen LogP contribution in [0, 0.1) is 0 Å². The summed E-state index contributed by atoms with van der Waals surface area (Å²) in [4.78, 5) is 14.4. The number of rotatable bonds is 6. The van der Waals surface area contributed by atoms with Crippen molar-refractivity contribution in [3.8, 4) is 0 Å². The Hall–Kier alpha value is -2.50. The van der Waals surface area contributed by atoms with Gasteiger partial charge >= 0.3 is 6.18 Å². The minimum absolute atomic E-state index is 0.0743. The molecule has 2 aromatic rings. The van der Waals surface area contributed by atoms with E-state index in [1.807, 2.05) is 18.2 Å². The second-order valence-corrected chi connectivity index (χ2v) is 6.82. The summed E-state index contributed by atoms with van der Waals surface area (Å²) in [5, 5.41) is 2.97. The molecule has 1 saturated heterocycles. The van der Waals surface area contributed by atoms with Gasteiger partial charge in [0.2, 0.25) is 5.91 Å². The first-order valence-electron chi connectivity index (χ1n) is 9.18. The van der Waals surface area contributed by atoms with Crippen LogP contribution in [0.2, 0.25) is 0 Å². The van der Waals surface area contributed by atoms with Crippen LogP contribution in [0.15, 0.2) is 54.6 Å². The molecule has 1 heterocycles. The topological polar surface area (TPSA) is 32.3 Å². The molecule has 1 fully saturated rings. The number of nitrogens with one attached hydrogen (secondary N) is 1. The van der Waals surface area contributed by atoms with E-state index in [2.05, 4.69) is 22.3 Å². The molecule has 6 heteroatoms. The zero-order valence-corrected chi connectivity index (χ0v) is 15.0. The predicted molar refractivity (Wildman–Crippen MR) is 99.6 cm³/mol. The molecule has 0 aromatic heterocycles. The van der Waals surface area contributed by atoms with E-state index in [-0.39, 0.29) is 18.4 Å². The van der Waals surface area contributed by atoms with Crippen LogP contribution in [0.3, 0.4) is 0 Å². The monoisotopic (exact) mass is 376 g/mol. The van der Waals surface area contributed by atoms with Crippen molar-refractivity contribution < 1.29 is 18.0 Å². The normalized spacial score (nSPS) is 17.1. The standard InChI is InChI=1S/C21H23F3N2O/c22-21(23,24)17-11-8-16(9-12-17)10-13-20(27)25-15-19-7-4-14-26(19)18-5-2-1-3-6-18/h1-3,5-6,8-9,11-12,19H,4,7,10,13-15H2,(H,25,27)/t19-/m1/s1. The van der Waals surface area contributed by atoms with Crippen molar-refractivity contribution in [3.63, 3.8) is 0 Å². The Kier molecular flexibility index (Phi) is 6.04. The van der Waals surface area contributed by atoms with Gasteiger partial charge in [-0.1, -0.05) is 30.3 Å².